The lowest BCUT2D eigenvalue weighted by Crippen LogP contribution is -2.43. The van der Waals surface area contributed by atoms with Crippen LogP contribution in [-0.2, 0) is 16.0 Å². The third-order valence-corrected chi connectivity index (χ3v) is 4.90. The van der Waals surface area contributed by atoms with Crippen LogP contribution in [0.25, 0.3) is 0 Å². The van der Waals surface area contributed by atoms with Gasteiger partial charge in [-0.3, -0.25) is 4.79 Å². The van der Waals surface area contributed by atoms with Crippen molar-refractivity contribution in [3.63, 3.8) is 0 Å². The zero-order valence-corrected chi connectivity index (χ0v) is 15.0. The predicted octanol–water partition coefficient (Wildman–Crippen LogP) is 2.08. The molecule has 134 valence electrons. The highest BCUT2D eigenvalue weighted by Crippen LogP contribution is 2.33. The molecule has 1 spiro atoms. The number of benzene rings is 1. The van der Waals surface area contributed by atoms with Gasteiger partial charge in [-0.25, -0.2) is 0 Å². The van der Waals surface area contributed by atoms with Crippen LogP contribution in [0.3, 0.4) is 0 Å². The van der Waals surface area contributed by atoms with Crippen molar-refractivity contribution in [3.8, 4) is 5.75 Å². The van der Waals surface area contributed by atoms with E-state index in [1.165, 1.54) is 0 Å². The van der Waals surface area contributed by atoms with E-state index in [1.54, 1.807) is 7.11 Å². The monoisotopic (exact) mass is 354 g/mol. The summed E-state index contributed by atoms with van der Waals surface area (Å²) >= 11 is 0. The summed E-state index contributed by atoms with van der Waals surface area (Å²) in [6.45, 7) is 2.66. The van der Waals surface area contributed by atoms with E-state index in [9.17, 15) is 4.79 Å². The highest BCUT2D eigenvalue weighted by molar-refractivity contribution is 5.85. The molecule has 2 aliphatic heterocycles. The third-order valence-electron chi connectivity index (χ3n) is 4.90. The van der Waals surface area contributed by atoms with Gasteiger partial charge in [0.25, 0.3) is 0 Å². The first-order valence-electron chi connectivity index (χ1n) is 8.47. The van der Waals surface area contributed by atoms with Gasteiger partial charge in [0.05, 0.1) is 25.4 Å². The number of halogens is 1. The molecule has 3 rings (SSSR count). The van der Waals surface area contributed by atoms with Gasteiger partial charge in [-0.2, -0.15) is 0 Å². The molecule has 0 bridgehead atoms. The van der Waals surface area contributed by atoms with Gasteiger partial charge in [-0.05, 0) is 50.4 Å². The fourth-order valence-electron chi connectivity index (χ4n) is 3.63. The van der Waals surface area contributed by atoms with Crippen LogP contribution in [0, 0.1) is 0 Å². The summed E-state index contributed by atoms with van der Waals surface area (Å²) in [5.41, 5.74) is 1.06. The summed E-state index contributed by atoms with van der Waals surface area (Å²) in [6, 6.07) is 8.00. The first-order valence-corrected chi connectivity index (χ1v) is 8.47. The van der Waals surface area contributed by atoms with Gasteiger partial charge in [-0.15, -0.1) is 12.4 Å². The molecule has 6 heteroatoms. The Morgan fingerprint density at radius 3 is 2.88 bits per heavy atom. The summed E-state index contributed by atoms with van der Waals surface area (Å²) in [4.78, 5) is 12.2. The van der Waals surface area contributed by atoms with Crippen molar-refractivity contribution < 1.29 is 14.3 Å². The van der Waals surface area contributed by atoms with E-state index in [-0.39, 0.29) is 30.0 Å². The number of amides is 1. The normalized spacial score (nSPS) is 22.0. The van der Waals surface area contributed by atoms with Crippen LogP contribution in [0.4, 0.5) is 0 Å². The number of hydrogen-bond acceptors (Lipinski definition) is 4. The quantitative estimate of drug-likeness (QED) is 0.850. The van der Waals surface area contributed by atoms with Crippen molar-refractivity contribution in [1.82, 2.24) is 10.6 Å². The Hall–Kier alpha value is -1.30. The van der Waals surface area contributed by atoms with Crippen LogP contribution < -0.4 is 15.4 Å². The number of aryl methyl sites for hydroxylation is 1. The highest BCUT2D eigenvalue weighted by Gasteiger charge is 2.41. The molecule has 0 saturated carbocycles. The first-order chi connectivity index (χ1) is 11.2. The summed E-state index contributed by atoms with van der Waals surface area (Å²) in [7, 11) is 1.66. The fourth-order valence-corrected chi connectivity index (χ4v) is 3.63. The molecule has 1 aromatic rings. The Morgan fingerprint density at radius 1 is 1.38 bits per heavy atom. The average Bonchev–Trinajstić information content (AvgIpc) is 2.95. The molecular weight excluding hydrogens is 328 g/mol. The molecule has 2 aliphatic rings. The smallest absolute Gasteiger partial charge is 0.220 e. The van der Waals surface area contributed by atoms with Crippen LogP contribution in [-0.4, -0.2) is 44.4 Å². The van der Waals surface area contributed by atoms with Gasteiger partial charge < -0.3 is 20.1 Å². The Balaban J connectivity index is 0.00000208. The maximum Gasteiger partial charge on any atom is 0.220 e. The van der Waals surface area contributed by atoms with E-state index >= 15 is 0 Å². The molecule has 2 heterocycles. The van der Waals surface area contributed by atoms with Crippen molar-refractivity contribution >= 4 is 18.3 Å². The van der Waals surface area contributed by atoms with Gasteiger partial charge in [0.2, 0.25) is 5.91 Å². The maximum absolute atomic E-state index is 12.2. The van der Waals surface area contributed by atoms with E-state index in [4.69, 9.17) is 9.47 Å². The zero-order valence-electron chi connectivity index (χ0n) is 14.2. The summed E-state index contributed by atoms with van der Waals surface area (Å²) in [5, 5.41) is 6.49. The van der Waals surface area contributed by atoms with Crippen LogP contribution in [0.5, 0.6) is 5.75 Å². The number of piperidine rings is 1. The Bertz CT molecular complexity index is 547. The molecule has 0 aliphatic carbocycles. The first kappa shape index (κ1) is 19.0. The lowest BCUT2D eigenvalue weighted by molar-refractivity contribution is -0.121. The molecule has 0 aromatic heterocycles. The number of hydrogen-bond donors (Lipinski definition) is 2. The molecule has 2 fully saturated rings. The average molecular weight is 355 g/mol. The molecule has 0 radical (unpaired) electrons. The molecule has 2 N–H and O–H groups in total. The number of carbonyl (C=O) groups is 1. The van der Waals surface area contributed by atoms with Crippen molar-refractivity contribution in [2.45, 2.75) is 43.7 Å². The fraction of sp³-hybridized carbons (Fsp3) is 0.611. The number of carbonyl (C=O) groups excluding carboxylic acids is 1. The number of rotatable bonds is 5. The molecule has 1 atom stereocenters. The van der Waals surface area contributed by atoms with E-state index in [2.05, 4.69) is 10.6 Å². The third kappa shape index (κ3) is 4.62. The van der Waals surface area contributed by atoms with Crippen LogP contribution in [0.2, 0.25) is 0 Å². The van der Waals surface area contributed by atoms with Gasteiger partial charge in [0.15, 0.2) is 0 Å². The number of methoxy groups -OCH3 is 1. The number of para-hydroxylation sites is 1. The SMILES string of the molecule is COc1ccccc1CCC(=O)NC1COC2(CCNCC2)C1.Cl. The molecule has 2 saturated heterocycles. The summed E-state index contributed by atoms with van der Waals surface area (Å²) in [5.74, 6) is 0.939. The lowest BCUT2D eigenvalue weighted by atomic mass is 9.88. The van der Waals surface area contributed by atoms with Crippen LogP contribution >= 0.6 is 12.4 Å². The molecule has 1 amide bonds. The minimum Gasteiger partial charge on any atom is -0.496 e. The summed E-state index contributed by atoms with van der Waals surface area (Å²) < 4.78 is 11.3. The molecule has 5 nitrogen and oxygen atoms in total. The molecule has 1 aromatic carbocycles. The number of ether oxygens (including phenoxy) is 2. The second-order valence-corrected chi connectivity index (χ2v) is 6.52. The topological polar surface area (TPSA) is 59.6 Å². The molecular formula is C18H27ClN2O3. The van der Waals surface area contributed by atoms with Crippen molar-refractivity contribution in [2.24, 2.45) is 0 Å². The van der Waals surface area contributed by atoms with Crippen molar-refractivity contribution in [1.29, 1.82) is 0 Å². The van der Waals surface area contributed by atoms with E-state index in [0.717, 1.165) is 43.7 Å². The van der Waals surface area contributed by atoms with E-state index < -0.39 is 0 Å². The predicted molar refractivity (Wildman–Crippen MR) is 95.9 cm³/mol. The van der Waals surface area contributed by atoms with Gasteiger partial charge in [-0.1, -0.05) is 18.2 Å². The summed E-state index contributed by atoms with van der Waals surface area (Å²) in [6.07, 6.45) is 4.19. The standard InChI is InChI=1S/C18H26N2O3.ClH/c1-22-16-5-3-2-4-14(16)6-7-17(21)20-15-12-18(23-13-15)8-10-19-11-9-18;/h2-5,15,19H,6-13H2,1H3,(H,20,21);1H. The van der Waals surface area contributed by atoms with E-state index in [1.807, 2.05) is 24.3 Å². The van der Waals surface area contributed by atoms with Crippen molar-refractivity contribution in [2.75, 3.05) is 26.8 Å². The van der Waals surface area contributed by atoms with Gasteiger partial charge >= 0.3 is 0 Å². The Labute approximate surface area is 149 Å². The van der Waals surface area contributed by atoms with Gasteiger partial charge in [0, 0.05) is 6.42 Å². The second kappa shape index (κ2) is 8.70. The Kier molecular flexibility index (Phi) is 6.90. The minimum absolute atomic E-state index is 0. The highest BCUT2D eigenvalue weighted by atomic mass is 35.5. The van der Waals surface area contributed by atoms with Crippen molar-refractivity contribution in [3.05, 3.63) is 29.8 Å². The second-order valence-electron chi connectivity index (χ2n) is 6.52. The molecule has 1 unspecified atom stereocenters. The Morgan fingerprint density at radius 2 is 2.12 bits per heavy atom. The molecule has 24 heavy (non-hydrogen) atoms. The minimum atomic E-state index is -0.00809. The lowest BCUT2D eigenvalue weighted by Gasteiger charge is -2.32. The van der Waals surface area contributed by atoms with E-state index in [0.29, 0.717) is 19.4 Å². The van der Waals surface area contributed by atoms with Crippen LogP contribution in [0.15, 0.2) is 24.3 Å². The maximum atomic E-state index is 12.2. The van der Waals surface area contributed by atoms with Gasteiger partial charge in [0.1, 0.15) is 5.75 Å². The largest absolute Gasteiger partial charge is 0.496 e. The zero-order chi connectivity index (χ0) is 16.1. The number of nitrogens with one attached hydrogen (secondary N) is 2. The van der Waals surface area contributed by atoms with Crippen LogP contribution in [0.1, 0.15) is 31.2 Å².